The first-order valence-electron chi connectivity index (χ1n) is 10.1. The van der Waals surface area contributed by atoms with E-state index in [-0.39, 0.29) is 33.2 Å². The molecule has 192 valence electrons. The van der Waals surface area contributed by atoms with E-state index in [9.17, 15) is 32.3 Å². The SMILES string of the molecule is Cc1cc(O)c(C(N)C2CCN(C(=O)c3c[nH]c(=O)c(Cl)c3)CC2)c(F)c1Cl.O=C(O)C(F)(F)F. The number of piperidine rings is 1. The van der Waals surface area contributed by atoms with Gasteiger partial charge in [-0.1, -0.05) is 23.2 Å². The number of phenols is 1. The Kier molecular flexibility index (Phi) is 9.15. The summed E-state index contributed by atoms with van der Waals surface area (Å²) < 4.78 is 46.3. The van der Waals surface area contributed by atoms with Crippen LogP contribution in [-0.2, 0) is 4.79 Å². The van der Waals surface area contributed by atoms with E-state index in [4.69, 9.17) is 38.8 Å². The van der Waals surface area contributed by atoms with E-state index in [0.29, 0.717) is 37.1 Å². The summed E-state index contributed by atoms with van der Waals surface area (Å²) in [6.45, 7) is 2.43. The molecule has 1 fully saturated rings. The molecule has 0 saturated carbocycles. The van der Waals surface area contributed by atoms with E-state index in [1.165, 1.54) is 18.3 Å². The molecule has 2 heterocycles. The molecule has 8 nitrogen and oxygen atoms in total. The minimum atomic E-state index is -5.08. The summed E-state index contributed by atoms with van der Waals surface area (Å²) in [4.78, 5) is 36.9. The minimum absolute atomic E-state index is 0.00722. The van der Waals surface area contributed by atoms with Gasteiger partial charge in [0.25, 0.3) is 11.5 Å². The first-order valence-corrected chi connectivity index (χ1v) is 10.8. The lowest BCUT2D eigenvalue weighted by molar-refractivity contribution is -0.192. The standard InChI is InChI=1S/C19H20Cl2FN3O3.C2HF3O2/c1-9-6-13(26)14(16(22)15(9)21)17(23)10-2-4-25(5-3-10)19(28)11-7-12(20)18(27)24-8-11;3-2(4,5)1(6)7/h6-8,10,17,26H,2-5,23H2,1H3,(H,24,27);(H,6,7). The normalized spacial score (nSPS) is 15.3. The third kappa shape index (κ3) is 6.86. The van der Waals surface area contributed by atoms with Crippen LogP contribution in [0.3, 0.4) is 0 Å². The van der Waals surface area contributed by atoms with Gasteiger partial charge in [-0.3, -0.25) is 9.59 Å². The monoisotopic (exact) mass is 541 g/mol. The lowest BCUT2D eigenvalue weighted by Crippen LogP contribution is -2.41. The number of amides is 1. The number of likely N-dealkylation sites (tertiary alicyclic amines) is 1. The van der Waals surface area contributed by atoms with Crippen molar-refractivity contribution in [2.24, 2.45) is 11.7 Å². The third-order valence-corrected chi connectivity index (χ3v) is 6.16. The maximum atomic E-state index is 14.5. The number of nitrogens with one attached hydrogen (secondary N) is 1. The average molecular weight is 542 g/mol. The average Bonchev–Trinajstić information content (AvgIpc) is 2.78. The summed E-state index contributed by atoms with van der Waals surface area (Å²) in [5.74, 6) is -4.05. The number of carbonyl (C=O) groups is 2. The Bertz CT molecular complexity index is 1160. The van der Waals surface area contributed by atoms with Crippen LogP contribution in [0.15, 0.2) is 23.1 Å². The van der Waals surface area contributed by atoms with Crippen LogP contribution < -0.4 is 11.3 Å². The maximum Gasteiger partial charge on any atom is 0.490 e. The number of nitrogens with two attached hydrogens (primary N) is 1. The molecule has 2 aromatic rings. The summed E-state index contributed by atoms with van der Waals surface area (Å²) >= 11 is 11.7. The topological polar surface area (TPSA) is 137 Å². The van der Waals surface area contributed by atoms with Crippen molar-refractivity contribution >= 4 is 35.1 Å². The van der Waals surface area contributed by atoms with E-state index >= 15 is 0 Å². The molecular weight excluding hydrogens is 521 g/mol. The Morgan fingerprint density at radius 3 is 2.26 bits per heavy atom. The maximum absolute atomic E-state index is 14.5. The van der Waals surface area contributed by atoms with Crippen molar-refractivity contribution in [1.82, 2.24) is 9.88 Å². The van der Waals surface area contributed by atoms with Crippen LogP contribution in [0.1, 0.15) is 40.4 Å². The number of aromatic amines is 1. The number of aryl methyl sites for hydroxylation is 1. The molecule has 1 aliphatic rings. The molecule has 0 spiro atoms. The predicted molar refractivity (Wildman–Crippen MR) is 119 cm³/mol. The number of hydrogen-bond acceptors (Lipinski definition) is 5. The number of carbonyl (C=O) groups excluding carboxylic acids is 1. The summed E-state index contributed by atoms with van der Waals surface area (Å²) in [6.07, 6.45) is -2.68. The molecule has 0 aliphatic carbocycles. The summed E-state index contributed by atoms with van der Waals surface area (Å²) in [7, 11) is 0. The number of phenolic OH excluding ortho intramolecular Hbond substituents is 1. The summed E-state index contributed by atoms with van der Waals surface area (Å²) in [5.41, 5.74) is 6.52. The van der Waals surface area contributed by atoms with Gasteiger partial charge in [0.15, 0.2) is 5.82 Å². The van der Waals surface area contributed by atoms with E-state index in [1.807, 2.05) is 0 Å². The Morgan fingerprint density at radius 1 is 1.23 bits per heavy atom. The first kappa shape index (κ1) is 28.4. The largest absolute Gasteiger partial charge is 0.507 e. The van der Waals surface area contributed by atoms with Crippen molar-refractivity contribution < 1.29 is 37.4 Å². The number of halogens is 6. The zero-order valence-corrected chi connectivity index (χ0v) is 19.6. The molecule has 1 unspecified atom stereocenters. The van der Waals surface area contributed by atoms with Gasteiger partial charge in [0.05, 0.1) is 10.6 Å². The third-order valence-electron chi connectivity index (χ3n) is 5.42. The van der Waals surface area contributed by atoms with E-state index in [0.717, 1.165) is 0 Å². The fourth-order valence-corrected chi connectivity index (χ4v) is 3.85. The van der Waals surface area contributed by atoms with Crippen molar-refractivity contribution in [2.75, 3.05) is 13.1 Å². The van der Waals surface area contributed by atoms with Crippen LogP contribution >= 0.6 is 23.2 Å². The minimum Gasteiger partial charge on any atom is -0.507 e. The predicted octanol–water partition coefficient (Wildman–Crippen LogP) is 4.02. The summed E-state index contributed by atoms with van der Waals surface area (Å²) in [5, 5.41) is 17.2. The molecule has 1 aromatic carbocycles. The van der Waals surface area contributed by atoms with Crippen LogP contribution in [0.2, 0.25) is 10.0 Å². The number of alkyl halides is 3. The van der Waals surface area contributed by atoms with Gasteiger partial charge >= 0.3 is 12.1 Å². The van der Waals surface area contributed by atoms with Gasteiger partial charge in [0.1, 0.15) is 10.8 Å². The van der Waals surface area contributed by atoms with Gasteiger partial charge in [0, 0.05) is 30.9 Å². The van der Waals surface area contributed by atoms with Crippen molar-refractivity contribution in [2.45, 2.75) is 32.0 Å². The highest BCUT2D eigenvalue weighted by Gasteiger charge is 2.38. The number of rotatable bonds is 3. The quantitative estimate of drug-likeness (QED) is 0.433. The van der Waals surface area contributed by atoms with Crippen LogP contribution in [0.5, 0.6) is 5.75 Å². The van der Waals surface area contributed by atoms with Crippen molar-refractivity contribution in [3.8, 4) is 5.75 Å². The molecule has 1 aliphatic heterocycles. The Labute approximate surface area is 206 Å². The molecule has 0 bridgehead atoms. The van der Waals surface area contributed by atoms with Gasteiger partial charge in [-0.25, -0.2) is 9.18 Å². The van der Waals surface area contributed by atoms with Crippen LogP contribution in [0.25, 0.3) is 0 Å². The molecular formula is C21H21Cl2F4N3O5. The molecule has 1 aromatic heterocycles. The number of benzene rings is 1. The highest BCUT2D eigenvalue weighted by molar-refractivity contribution is 6.31. The summed E-state index contributed by atoms with van der Waals surface area (Å²) in [6, 6.07) is 2.00. The number of aromatic nitrogens is 1. The number of nitrogens with zero attached hydrogens (tertiary/aromatic N) is 1. The number of H-pyrrole nitrogens is 1. The van der Waals surface area contributed by atoms with Gasteiger partial charge < -0.3 is 25.8 Å². The molecule has 35 heavy (non-hydrogen) atoms. The highest BCUT2D eigenvalue weighted by Crippen LogP contribution is 2.38. The lowest BCUT2D eigenvalue weighted by atomic mass is 9.85. The molecule has 5 N–H and O–H groups in total. The molecule has 3 rings (SSSR count). The molecule has 1 saturated heterocycles. The van der Waals surface area contributed by atoms with E-state index in [2.05, 4.69) is 4.98 Å². The van der Waals surface area contributed by atoms with Gasteiger partial charge in [-0.05, 0) is 43.4 Å². The highest BCUT2D eigenvalue weighted by atomic mass is 35.5. The van der Waals surface area contributed by atoms with Gasteiger partial charge in [-0.15, -0.1) is 0 Å². The zero-order valence-electron chi connectivity index (χ0n) is 18.1. The zero-order chi connectivity index (χ0) is 26.7. The lowest BCUT2D eigenvalue weighted by Gasteiger charge is -2.35. The van der Waals surface area contributed by atoms with Crippen molar-refractivity contribution in [1.29, 1.82) is 0 Å². The van der Waals surface area contributed by atoms with E-state index < -0.39 is 29.6 Å². The second kappa shape index (κ2) is 11.3. The van der Waals surface area contributed by atoms with Crippen molar-refractivity contribution in [3.63, 3.8) is 0 Å². The number of aromatic hydroxyl groups is 1. The van der Waals surface area contributed by atoms with Crippen LogP contribution in [0, 0.1) is 18.7 Å². The van der Waals surface area contributed by atoms with Crippen LogP contribution in [0.4, 0.5) is 17.6 Å². The van der Waals surface area contributed by atoms with Gasteiger partial charge in [-0.2, -0.15) is 13.2 Å². The smallest absolute Gasteiger partial charge is 0.490 e. The Hall–Kier alpha value is -2.83. The van der Waals surface area contributed by atoms with Crippen molar-refractivity contribution in [3.05, 3.63) is 61.2 Å². The second-order valence-electron chi connectivity index (χ2n) is 7.78. The van der Waals surface area contributed by atoms with Crippen LogP contribution in [-0.4, -0.2) is 51.2 Å². The number of hydrogen-bond donors (Lipinski definition) is 4. The van der Waals surface area contributed by atoms with E-state index in [1.54, 1.807) is 11.8 Å². The molecule has 0 radical (unpaired) electrons. The second-order valence-corrected chi connectivity index (χ2v) is 8.56. The Morgan fingerprint density at radius 2 is 1.77 bits per heavy atom. The number of carboxylic acids is 1. The van der Waals surface area contributed by atoms with Gasteiger partial charge in [0.2, 0.25) is 0 Å². The number of carboxylic acid groups (broad SMARTS) is 1. The molecule has 1 atom stereocenters. The molecule has 1 amide bonds. The molecule has 14 heteroatoms. The fourth-order valence-electron chi connectivity index (χ4n) is 3.53. The Balaban J connectivity index is 0.000000540. The first-order chi connectivity index (χ1) is 16.1. The fraction of sp³-hybridized carbons (Fsp3) is 0.381. The number of aliphatic carboxylic acids is 1. The number of pyridine rings is 1.